The number of guanidine groups is 1. The molecule has 0 amide bonds. The number of hydrogen-bond acceptors (Lipinski definition) is 4. The Labute approximate surface area is 165 Å². The van der Waals surface area contributed by atoms with Crippen molar-refractivity contribution in [2.75, 3.05) is 51.7 Å². The van der Waals surface area contributed by atoms with Crippen molar-refractivity contribution in [1.82, 2.24) is 15.5 Å². The molecule has 0 aromatic rings. The SMILES string of the molecule is CCCCN1CCC(NC(=NCC2(SCC)CCOCC2)NCC)CC1. The van der Waals surface area contributed by atoms with Gasteiger partial charge >= 0.3 is 0 Å². The average Bonchev–Trinajstić information content (AvgIpc) is 2.67. The van der Waals surface area contributed by atoms with Gasteiger partial charge in [0.1, 0.15) is 0 Å². The van der Waals surface area contributed by atoms with Gasteiger partial charge in [-0.15, -0.1) is 0 Å². The number of thioether (sulfide) groups is 1. The van der Waals surface area contributed by atoms with Crippen molar-refractivity contribution in [3.05, 3.63) is 0 Å². The van der Waals surface area contributed by atoms with Crippen LogP contribution in [0.1, 0.15) is 59.3 Å². The number of ether oxygens (including phenoxy) is 1. The first-order chi connectivity index (χ1) is 12.7. The van der Waals surface area contributed by atoms with Gasteiger partial charge in [0.15, 0.2) is 5.96 Å². The molecule has 0 unspecified atom stereocenters. The molecule has 0 bridgehead atoms. The Bertz CT molecular complexity index is 399. The first-order valence-corrected chi connectivity index (χ1v) is 11.7. The summed E-state index contributed by atoms with van der Waals surface area (Å²) in [5.74, 6) is 2.15. The van der Waals surface area contributed by atoms with Crippen LogP contribution < -0.4 is 10.6 Å². The van der Waals surface area contributed by atoms with E-state index >= 15 is 0 Å². The monoisotopic (exact) mass is 384 g/mol. The third-order valence-electron chi connectivity index (χ3n) is 5.48. The minimum atomic E-state index is 0.263. The lowest BCUT2D eigenvalue weighted by atomic mass is 9.99. The van der Waals surface area contributed by atoms with Crippen LogP contribution in [0.2, 0.25) is 0 Å². The van der Waals surface area contributed by atoms with E-state index in [4.69, 9.17) is 9.73 Å². The van der Waals surface area contributed by atoms with Crippen LogP contribution in [0.5, 0.6) is 0 Å². The largest absolute Gasteiger partial charge is 0.381 e. The lowest BCUT2D eigenvalue weighted by Crippen LogP contribution is -2.49. The zero-order valence-corrected chi connectivity index (χ0v) is 18.0. The molecule has 0 aromatic carbocycles. The van der Waals surface area contributed by atoms with Crippen LogP contribution in [0.4, 0.5) is 0 Å². The van der Waals surface area contributed by atoms with E-state index < -0.39 is 0 Å². The summed E-state index contributed by atoms with van der Waals surface area (Å²) in [5.41, 5.74) is 0. The van der Waals surface area contributed by atoms with Crippen LogP contribution in [-0.2, 0) is 4.74 Å². The van der Waals surface area contributed by atoms with E-state index in [1.54, 1.807) is 0 Å². The highest BCUT2D eigenvalue weighted by Gasteiger charge is 2.32. The molecule has 0 aliphatic carbocycles. The molecule has 152 valence electrons. The highest BCUT2D eigenvalue weighted by atomic mass is 32.2. The van der Waals surface area contributed by atoms with Crippen molar-refractivity contribution < 1.29 is 4.74 Å². The zero-order chi connectivity index (χ0) is 18.7. The molecule has 0 aromatic heterocycles. The van der Waals surface area contributed by atoms with Crippen LogP contribution >= 0.6 is 11.8 Å². The molecule has 0 spiro atoms. The second-order valence-electron chi connectivity index (χ2n) is 7.54. The van der Waals surface area contributed by atoms with Crippen molar-refractivity contribution in [3.8, 4) is 0 Å². The van der Waals surface area contributed by atoms with Crippen molar-refractivity contribution in [2.24, 2.45) is 4.99 Å². The molecule has 26 heavy (non-hydrogen) atoms. The normalized spacial score (nSPS) is 22.3. The number of aliphatic imine (C=N–C) groups is 1. The summed E-state index contributed by atoms with van der Waals surface area (Å²) >= 11 is 2.06. The van der Waals surface area contributed by atoms with Crippen molar-refractivity contribution in [1.29, 1.82) is 0 Å². The van der Waals surface area contributed by atoms with Crippen LogP contribution in [0.3, 0.4) is 0 Å². The van der Waals surface area contributed by atoms with Crippen LogP contribution in [0.25, 0.3) is 0 Å². The number of likely N-dealkylation sites (tertiary alicyclic amines) is 1. The van der Waals surface area contributed by atoms with Crippen molar-refractivity contribution in [3.63, 3.8) is 0 Å². The van der Waals surface area contributed by atoms with Crippen molar-refractivity contribution >= 4 is 17.7 Å². The highest BCUT2D eigenvalue weighted by Crippen LogP contribution is 2.35. The third-order valence-corrected chi connectivity index (χ3v) is 6.92. The molecule has 2 heterocycles. The quantitative estimate of drug-likeness (QED) is 0.472. The summed E-state index contributed by atoms with van der Waals surface area (Å²) < 4.78 is 5.85. The van der Waals surface area contributed by atoms with E-state index in [9.17, 15) is 0 Å². The number of piperidine rings is 1. The molecular weight excluding hydrogens is 344 g/mol. The lowest BCUT2D eigenvalue weighted by molar-refractivity contribution is 0.0793. The summed E-state index contributed by atoms with van der Waals surface area (Å²) in [5, 5.41) is 7.16. The molecule has 2 aliphatic heterocycles. The summed E-state index contributed by atoms with van der Waals surface area (Å²) in [6.07, 6.45) is 7.28. The number of nitrogens with one attached hydrogen (secondary N) is 2. The molecule has 2 saturated heterocycles. The van der Waals surface area contributed by atoms with Crippen LogP contribution in [0, 0.1) is 0 Å². The Hall–Kier alpha value is -0.460. The fourth-order valence-corrected chi connectivity index (χ4v) is 5.04. The third kappa shape index (κ3) is 7.28. The van der Waals surface area contributed by atoms with Crippen molar-refractivity contribution in [2.45, 2.75) is 70.1 Å². The topological polar surface area (TPSA) is 48.9 Å². The van der Waals surface area contributed by atoms with Gasteiger partial charge in [0, 0.05) is 43.6 Å². The van der Waals surface area contributed by atoms with Crippen LogP contribution in [-0.4, -0.2) is 73.3 Å². The van der Waals surface area contributed by atoms with Gasteiger partial charge in [-0.25, -0.2) is 0 Å². The molecule has 2 aliphatic rings. The maximum Gasteiger partial charge on any atom is 0.191 e. The van der Waals surface area contributed by atoms with E-state index in [1.807, 2.05) is 0 Å². The predicted octanol–water partition coefficient (Wildman–Crippen LogP) is 3.11. The number of hydrogen-bond donors (Lipinski definition) is 2. The maximum absolute atomic E-state index is 5.59. The number of rotatable bonds is 9. The summed E-state index contributed by atoms with van der Waals surface area (Å²) in [6, 6.07) is 0.551. The van der Waals surface area contributed by atoms with E-state index in [2.05, 4.69) is 48.1 Å². The van der Waals surface area contributed by atoms with E-state index in [-0.39, 0.29) is 4.75 Å². The molecule has 2 fully saturated rings. The second-order valence-corrected chi connectivity index (χ2v) is 9.27. The molecule has 0 radical (unpaired) electrons. The molecular formula is C20H40N4OS. The first kappa shape index (κ1) is 21.8. The molecule has 2 rings (SSSR count). The average molecular weight is 385 g/mol. The van der Waals surface area contributed by atoms with Gasteiger partial charge in [0.05, 0.1) is 6.54 Å². The second kappa shape index (κ2) is 12.1. The van der Waals surface area contributed by atoms with E-state index in [0.29, 0.717) is 6.04 Å². The highest BCUT2D eigenvalue weighted by molar-refractivity contribution is 8.00. The van der Waals surface area contributed by atoms with E-state index in [0.717, 1.165) is 50.9 Å². The van der Waals surface area contributed by atoms with Crippen LogP contribution in [0.15, 0.2) is 4.99 Å². The molecule has 0 saturated carbocycles. The summed E-state index contributed by atoms with van der Waals surface area (Å²) in [7, 11) is 0. The fourth-order valence-electron chi connectivity index (χ4n) is 3.82. The van der Waals surface area contributed by atoms with Gasteiger partial charge in [0.2, 0.25) is 0 Å². The van der Waals surface area contributed by atoms with Gasteiger partial charge in [-0.1, -0.05) is 20.3 Å². The van der Waals surface area contributed by atoms with Gasteiger partial charge in [0.25, 0.3) is 0 Å². The molecule has 2 N–H and O–H groups in total. The number of nitrogens with zero attached hydrogens (tertiary/aromatic N) is 2. The Morgan fingerprint density at radius 3 is 2.54 bits per heavy atom. The van der Waals surface area contributed by atoms with Gasteiger partial charge in [-0.3, -0.25) is 4.99 Å². The Morgan fingerprint density at radius 2 is 1.92 bits per heavy atom. The summed E-state index contributed by atoms with van der Waals surface area (Å²) in [6.45, 7) is 13.9. The minimum absolute atomic E-state index is 0.263. The van der Waals surface area contributed by atoms with E-state index in [1.165, 1.54) is 45.3 Å². The Kier molecular flexibility index (Phi) is 10.2. The minimum Gasteiger partial charge on any atom is -0.381 e. The fraction of sp³-hybridized carbons (Fsp3) is 0.950. The maximum atomic E-state index is 5.59. The Morgan fingerprint density at radius 1 is 1.19 bits per heavy atom. The van der Waals surface area contributed by atoms with Gasteiger partial charge in [-0.05, 0) is 51.3 Å². The molecule has 0 atom stereocenters. The zero-order valence-electron chi connectivity index (χ0n) is 17.2. The van der Waals surface area contributed by atoms with Gasteiger partial charge in [-0.2, -0.15) is 11.8 Å². The first-order valence-electron chi connectivity index (χ1n) is 10.7. The molecule has 6 heteroatoms. The predicted molar refractivity (Wildman–Crippen MR) is 114 cm³/mol. The lowest BCUT2D eigenvalue weighted by Gasteiger charge is -2.36. The molecule has 5 nitrogen and oxygen atoms in total. The smallest absolute Gasteiger partial charge is 0.191 e. The summed E-state index contributed by atoms with van der Waals surface area (Å²) in [4.78, 5) is 7.61. The number of unbranched alkanes of at least 4 members (excludes halogenated alkanes) is 1. The standard InChI is InChI=1S/C20H40N4OS/c1-4-7-12-24-13-8-18(9-14-24)23-19(21-5-2)22-17-20(26-6-3)10-15-25-16-11-20/h18H,4-17H2,1-3H3,(H2,21,22,23). The Balaban J connectivity index is 1.86. The van der Waals surface area contributed by atoms with Gasteiger partial charge < -0.3 is 20.3 Å².